The smallest absolute Gasteiger partial charge is 0.259 e. The van der Waals surface area contributed by atoms with E-state index >= 15 is 4.39 Å². The highest BCUT2D eigenvalue weighted by molar-refractivity contribution is 6.22. The highest BCUT2D eigenvalue weighted by Crippen LogP contribution is 2.33. The van der Waals surface area contributed by atoms with Crippen LogP contribution in [0.1, 0.15) is 96.3 Å². The molecule has 5 rings (SSSR count). The van der Waals surface area contributed by atoms with Crippen molar-refractivity contribution in [2.24, 2.45) is 0 Å². The molecule has 9 heteroatoms. The topological polar surface area (TPSA) is 87.5 Å². The van der Waals surface area contributed by atoms with Crippen LogP contribution in [0.3, 0.4) is 0 Å². The molecule has 8 nitrogen and oxygen atoms in total. The number of hydrogen-bond acceptors (Lipinski definition) is 6. The van der Waals surface area contributed by atoms with E-state index in [1.807, 2.05) is 17.9 Å². The van der Waals surface area contributed by atoms with E-state index in [2.05, 4.69) is 22.2 Å². The van der Waals surface area contributed by atoms with Crippen LogP contribution in [0.25, 0.3) is 10.9 Å². The SMILES string of the molecule is CCCCCCCCCC(=O)n1nc(N2CCN(c3ccc4c(c3CC)C(=O)NC4=O)CC2)c2c(F)cccc21. The van der Waals surface area contributed by atoms with Crippen molar-refractivity contribution in [3.63, 3.8) is 0 Å². The molecule has 0 saturated carbocycles. The standard InChI is InChI=1S/C31H38FN5O3/c1-3-5-6-7-8-9-10-14-26(38)37-25-13-11-12-23(32)28(25)29(34-37)36-19-17-35(18-20-36)24-16-15-22-27(21(24)4-2)31(40)33-30(22)39/h11-13,15-16H,3-10,14,17-20H2,1-2H3,(H,33,39,40). The zero-order valence-electron chi connectivity index (χ0n) is 23.5. The van der Waals surface area contributed by atoms with Crippen molar-refractivity contribution in [1.29, 1.82) is 0 Å². The molecular formula is C31H38FN5O3. The van der Waals surface area contributed by atoms with Crippen LogP contribution in [-0.4, -0.2) is 53.7 Å². The summed E-state index contributed by atoms with van der Waals surface area (Å²) in [4.78, 5) is 42.0. The van der Waals surface area contributed by atoms with Crippen molar-refractivity contribution in [2.75, 3.05) is 36.0 Å². The van der Waals surface area contributed by atoms with Crippen molar-refractivity contribution < 1.29 is 18.8 Å². The average Bonchev–Trinajstić information content (AvgIpc) is 3.50. The quantitative estimate of drug-likeness (QED) is 0.244. The van der Waals surface area contributed by atoms with Gasteiger partial charge in [0.15, 0.2) is 5.82 Å². The molecule has 2 amide bonds. The second-order valence-corrected chi connectivity index (χ2v) is 10.7. The number of fused-ring (bicyclic) bond motifs is 2. The van der Waals surface area contributed by atoms with Crippen molar-refractivity contribution in [3.05, 3.63) is 52.8 Å². The van der Waals surface area contributed by atoms with Gasteiger partial charge in [-0.2, -0.15) is 4.68 Å². The van der Waals surface area contributed by atoms with Gasteiger partial charge in [-0.15, -0.1) is 5.10 Å². The third kappa shape index (κ3) is 5.33. The van der Waals surface area contributed by atoms with E-state index in [0.717, 1.165) is 30.5 Å². The normalized spacial score (nSPS) is 15.2. The zero-order valence-corrected chi connectivity index (χ0v) is 23.5. The maximum absolute atomic E-state index is 15.1. The number of imide groups is 1. The number of rotatable bonds is 11. The van der Waals surface area contributed by atoms with Gasteiger partial charge in [0.1, 0.15) is 5.82 Å². The second-order valence-electron chi connectivity index (χ2n) is 10.7. The highest BCUT2D eigenvalue weighted by atomic mass is 19.1. The van der Waals surface area contributed by atoms with Gasteiger partial charge in [0.25, 0.3) is 11.8 Å². The fourth-order valence-corrected chi connectivity index (χ4v) is 5.99. The Morgan fingerprint density at radius 2 is 1.60 bits per heavy atom. The largest absolute Gasteiger partial charge is 0.368 e. The van der Waals surface area contributed by atoms with Crippen LogP contribution in [0.2, 0.25) is 0 Å². The molecule has 0 bridgehead atoms. The molecule has 2 aliphatic heterocycles. The third-order valence-corrected chi connectivity index (χ3v) is 8.13. The second kappa shape index (κ2) is 12.2. The zero-order chi connectivity index (χ0) is 28.2. The van der Waals surface area contributed by atoms with Gasteiger partial charge < -0.3 is 9.80 Å². The van der Waals surface area contributed by atoms with Crippen LogP contribution in [0, 0.1) is 5.82 Å². The lowest BCUT2D eigenvalue weighted by Crippen LogP contribution is -2.47. The van der Waals surface area contributed by atoms with Crippen molar-refractivity contribution in [2.45, 2.75) is 71.6 Å². The first-order chi connectivity index (χ1) is 19.4. The van der Waals surface area contributed by atoms with Crippen LogP contribution in [0.4, 0.5) is 15.9 Å². The predicted molar refractivity (Wildman–Crippen MR) is 155 cm³/mol. The molecule has 1 N–H and O–H groups in total. The Hall–Kier alpha value is -3.75. The molecule has 3 heterocycles. The van der Waals surface area contributed by atoms with Gasteiger partial charge >= 0.3 is 0 Å². The minimum Gasteiger partial charge on any atom is -0.368 e. The van der Waals surface area contributed by atoms with Gasteiger partial charge in [0.05, 0.1) is 22.0 Å². The predicted octanol–water partition coefficient (Wildman–Crippen LogP) is 5.73. The number of nitrogens with zero attached hydrogens (tertiary/aromatic N) is 4. The number of piperazine rings is 1. The first-order valence-electron chi connectivity index (χ1n) is 14.7. The number of carbonyl (C=O) groups is 3. The van der Waals surface area contributed by atoms with Crippen LogP contribution in [0.5, 0.6) is 0 Å². The molecule has 0 aliphatic carbocycles. The molecular weight excluding hydrogens is 509 g/mol. The number of carbonyl (C=O) groups excluding carboxylic acids is 3. The fraction of sp³-hybridized carbons (Fsp3) is 0.484. The summed E-state index contributed by atoms with van der Waals surface area (Å²) in [6, 6.07) is 8.44. The summed E-state index contributed by atoms with van der Waals surface area (Å²) in [6.45, 7) is 6.61. The number of hydrogen-bond donors (Lipinski definition) is 1. The molecule has 2 aliphatic rings. The van der Waals surface area contributed by atoms with Crippen molar-refractivity contribution in [1.82, 2.24) is 15.1 Å². The molecule has 40 heavy (non-hydrogen) atoms. The molecule has 0 radical (unpaired) electrons. The van der Waals surface area contributed by atoms with Gasteiger partial charge in [-0.1, -0.05) is 58.4 Å². The van der Waals surface area contributed by atoms with Crippen molar-refractivity contribution in [3.8, 4) is 0 Å². The summed E-state index contributed by atoms with van der Waals surface area (Å²) in [7, 11) is 0. The Morgan fingerprint density at radius 3 is 2.33 bits per heavy atom. The van der Waals surface area contributed by atoms with Gasteiger partial charge in [-0.05, 0) is 42.7 Å². The lowest BCUT2D eigenvalue weighted by Gasteiger charge is -2.37. The van der Waals surface area contributed by atoms with E-state index in [1.54, 1.807) is 18.2 Å². The Balaban J connectivity index is 1.30. The molecule has 2 aromatic carbocycles. The molecule has 1 saturated heterocycles. The Labute approximate surface area is 234 Å². The average molecular weight is 548 g/mol. The number of unbranched alkanes of at least 4 members (excludes halogenated alkanes) is 6. The Kier molecular flexibility index (Phi) is 8.47. The maximum Gasteiger partial charge on any atom is 0.259 e. The van der Waals surface area contributed by atoms with Gasteiger partial charge in [0.2, 0.25) is 5.91 Å². The van der Waals surface area contributed by atoms with E-state index < -0.39 is 0 Å². The number of nitrogens with one attached hydrogen (secondary N) is 1. The van der Waals surface area contributed by atoms with Crippen LogP contribution in [0.15, 0.2) is 30.3 Å². The third-order valence-electron chi connectivity index (χ3n) is 8.13. The molecule has 212 valence electrons. The number of aromatic nitrogens is 2. The lowest BCUT2D eigenvalue weighted by atomic mass is 9.97. The van der Waals surface area contributed by atoms with E-state index in [4.69, 9.17) is 0 Å². The number of halogens is 1. The summed E-state index contributed by atoms with van der Waals surface area (Å²) < 4.78 is 16.5. The van der Waals surface area contributed by atoms with E-state index in [-0.39, 0.29) is 23.5 Å². The molecule has 3 aromatic rings. The summed E-state index contributed by atoms with van der Waals surface area (Å²) in [5.41, 5.74) is 3.22. The first kappa shape index (κ1) is 27.8. The van der Waals surface area contributed by atoms with Gasteiger partial charge in [-0.25, -0.2) is 4.39 Å². The molecule has 0 spiro atoms. The van der Waals surface area contributed by atoms with Gasteiger partial charge in [-0.3, -0.25) is 19.7 Å². The van der Waals surface area contributed by atoms with E-state index in [0.29, 0.717) is 66.9 Å². The Morgan fingerprint density at radius 1 is 0.900 bits per heavy atom. The van der Waals surface area contributed by atoms with Crippen LogP contribution < -0.4 is 15.1 Å². The maximum atomic E-state index is 15.1. The summed E-state index contributed by atoms with van der Waals surface area (Å²) >= 11 is 0. The van der Waals surface area contributed by atoms with Crippen LogP contribution >= 0.6 is 0 Å². The monoisotopic (exact) mass is 547 g/mol. The summed E-state index contributed by atoms with van der Waals surface area (Å²) in [5, 5.41) is 7.43. The molecule has 0 atom stereocenters. The molecule has 1 fully saturated rings. The summed E-state index contributed by atoms with van der Waals surface area (Å²) in [5.74, 6) is -0.682. The van der Waals surface area contributed by atoms with E-state index in [1.165, 1.54) is 36.4 Å². The summed E-state index contributed by atoms with van der Waals surface area (Å²) in [6.07, 6.45) is 8.87. The highest BCUT2D eigenvalue weighted by Gasteiger charge is 2.32. The van der Waals surface area contributed by atoms with Gasteiger partial charge in [0, 0.05) is 38.3 Å². The molecule has 0 unspecified atom stereocenters. The first-order valence-corrected chi connectivity index (χ1v) is 14.7. The Bertz CT molecular complexity index is 1420. The van der Waals surface area contributed by atoms with E-state index in [9.17, 15) is 14.4 Å². The lowest BCUT2D eigenvalue weighted by molar-refractivity contribution is 0.0871. The van der Waals surface area contributed by atoms with Crippen molar-refractivity contribution >= 4 is 40.1 Å². The fourth-order valence-electron chi connectivity index (χ4n) is 5.99. The van der Waals surface area contributed by atoms with Crippen LogP contribution in [-0.2, 0) is 6.42 Å². The number of anilines is 2. The number of amides is 2. The number of benzene rings is 2. The minimum atomic E-state index is -0.382. The molecule has 1 aromatic heterocycles. The minimum absolute atomic E-state index is 0.104.